The van der Waals surface area contributed by atoms with Crippen molar-refractivity contribution in [1.29, 1.82) is 0 Å². The van der Waals surface area contributed by atoms with Gasteiger partial charge in [0.1, 0.15) is 13.2 Å². The van der Waals surface area contributed by atoms with Crippen LogP contribution in [-0.4, -0.2) is 125 Å². The van der Waals surface area contributed by atoms with Crippen LogP contribution in [-0.2, 0) is 39.2 Å². The average molecular weight is 923 g/mol. The fraction of sp³-hybridized carbons (Fsp3) is 0.636. The van der Waals surface area contributed by atoms with Gasteiger partial charge < -0.3 is 28.1 Å². The topological polar surface area (TPSA) is 220 Å². The van der Waals surface area contributed by atoms with Crippen molar-refractivity contribution < 1.29 is 64.1 Å². The van der Waals surface area contributed by atoms with E-state index in [4.69, 9.17) is 18.9 Å². The first kappa shape index (κ1) is 58.4. The first-order valence-corrected chi connectivity index (χ1v) is 24.6. The van der Waals surface area contributed by atoms with E-state index in [0.717, 1.165) is 38.5 Å². The van der Waals surface area contributed by atoms with E-state index in [1.807, 2.05) is 0 Å². The minimum Gasteiger partial charge on any atom is -0.748 e. The molecule has 0 saturated carbocycles. The van der Waals surface area contributed by atoms with Gasteiger partial charge in [-0.2, -0.15) is 0 Å². The summed E-state index contributed by atoms with van der Waals surface area (Å²) in [5, 5.41) is 0. The summed E-state index contributed by atoms with van der Waals surface area (Å²) in [6, 6.07) is 12.0. The summed E-state index contributed by atoms with van der Waals surface area (Å²) in [4.78, 5) is 48.8. The van der Waals surface area contributed by atoms with Crippen LogP contribution in [0.1, 0.15) is 184 Å². The van der Waals surface area contributed by atoms with Gasteiger partial charge in [-0.15, -0.1) is 0 Å². The van der Waals surface area contributed by atoms with Crippen molar-refractivity contribution in [3.8, 4) is 0 Å². The molecule has 0 saturated heterocycles. The smallest absolute Gasteiger partial charge is 0.748 e. The molecule has 0 N–H and O–H groups in total. The molecular formula is C44H66CaO14S2. The van der Waals surface area contributed by atoms with E-state index in [0.29, 0.717) is 0 Å². The number of hydrogen-bond donors (Lipinski definition) is 0. The van der Waals surface area contributed by atoms with Gasteiger partial charge in [0.2, 0.25) is 0 Å². The third kappa shape index (κ3) is 31.0. The van der Waals surface area contributed by atoms with Gasteiger partial charge in [0.15, 0.2) is 0 Å². The normalized spacial score (nSPS) is 11.1. The quantitative estimate of drug-likeness (QED) is 0.0221. The van der Waals surface area contributed by atoms with Crippen molar-refractivity contribution >= 4 is 81.9 Å². The molecule has 14 nitrogen and oxygen atoms in total. The molecule has 0 radical (unpaired) electrons. The van der Waals surface area contributed by atoms with Crippen molar-refractivity contribution in [2.75, 3.05) is 37.9 Å². The SMILES string of the molecule is CCCCCCCCCCCCOC(=O)c1ccccc1C(=O)OCCS(=O)(=O)[O-].CCCCCCCCCCCCOC(=O)c1ccccc1C(=O)OCCS(=O)(=O)[O-].[Ca+2]. The molecule has 2 aromatic rings. The summed E-state index contributed by atoms with van der Waals surface area (Å²) in [6.45, 7) is 3.84. The Balaban J connectivity index is 0.00000116. The van der Waals surface area contributed by atoms with E-state index >= 15 is 0 Å². The van der Waals surface area contributed by atoms with Gasteiger partial charge in [-0.3, -0.25) is 0 Å². The minimum atomic E-state index is -4.48. The second-order valence-electron chi connectivity index (χ2n) is 14.5. The number of carbonyl (C=O) groups is 4. The Morgan fingerprint density at radius 1 is 0.393 bits per heavy atom. The molecule has 0 aliphatic heterocycles. The molecule has 61 heavy (non-hydrogen) atoms. The van der Waals surface area contributed by atoms with Crippen LogP contribution in [0.4, 0.5) is 0 Å². The average Bonchev–Trinajstić information content (AvgIpc) is 3.21. The van der Waals surface area contributed by atoms with Gasteiger partial charge in [-0.1, -0.05) is 154 Å². The van der Waals surface area contributed by atoms with Gasteiger partial charge in [0.05, 0.1) is 67.2 Å². The molecule has 0 spiro atoms. The van der Waals surface area contributed by atoms with Crippen LogP contribution in [0.15, 0.2) is 48.5 Å². The molecule has 0 atom stereocenters. The maximum absolute atomic E-state index is 12.3. The van der Waals surface area contributed by atoms with E-state index in [-0.39, 0.29) is 73.2 Å². The van der Waals surface area contributed by atoms with E-state index in [1.54, 1.807) is 24.3 Å². The number of hydrogen-bond acceptors (Lipinski definition) is 14. The summed E-state index contributed by atoms with van der Waals surface area (Å²) in [7, 11) is -8.95. The summed E-state index contributed by atoms with van der Waals surface area (Å²) in [6.07, 6.45) is 23.5. The Kier molecular flexibility index (Phi) is 34.3. The van der Waals surface area contributed by atoms with Crippen molar-refractivity contribution in [2.24, 2.45) is 0 Å². The van der Waals surface area contributed by atoms with E-state index in [2.05, 4.69) is 13.8 Å². The second kappa shape index (κ2) is 35.8. The molecule has 0 aliphatic carbocycles. The van der Waals surface area contributed by atoms with Crippen LogP contribution in [0.3, 0.4) is 0 Å². The van der Waals surface area contributed by atoms with Crippen LogP contribution in [0, 0.1) is 0 Å². The van der Waals surface area contributed by atoms with Crippen LogP contribution < -0.4 is 0 Å². The predicted molar refractivity (Wildman–Crippen MR) is 233 cm³/mol. The van der Waals surface area contributed by atoms with E-state index in [1.165, 1.54) is 114 Å². The zero-order valence-electron chi connectivity index (χ0n) is 36.2. The zero-order valence-corrected chi connectivity index (χ0v) is 40.1. The fourth-order valence-corrected chi connectivity index (χ4v) is 6.55. The van der Waals surface area contributed by atoms with Crippen molar-refractivity contribution in [3.63, 3.8) is 0 Å². The Bertz CT molecular complexity index is 1620. The van der Waals surface area contributed by atoms with Crippen LogP contribution >= 0.6 is 0 Å². The first-order valence-electron chi connectivity index (χ1n) is 21.4. The molecule has 0 heterocycles. The number of unbranched alkanes of at least 4 members (excludes halogenated alkanes) is 18. The van der Waals surface area contributed by atoms with Crippen molar-refractivity contribution in [3.05, 3.63) is 70.8 Å². The van der Waals surface area contributed by atoms with Gasteiger partial charge >= 0.3 is 61.6 Å². The summed E-state index contributed by atoms with van der Waals surface area (Å²) in [5.41, 5.74) is 0.0712. The monoisotopic (exact) mass is 922 g/mol. The third-order valence-electron chi connectivity index (χ3n) is 9.33. The molecule has 17 heteroatoms. The molecule has 0 fully saturated rings. The summed E-state index contributed by atoms with van der Waals surface area (Å²) in [5.74, 6) is -4.63. The molecule has 0 bridgehead atoms. The number of benzene rings is 2. The van der Waals surface area contributed by atoms with Gasteiger partial charge in [-0.25, -0.2) is 36.0 Å². The molecule has 2 aromatic carbocycles. The van der Waals surface area contributed by atoms with Crippen molar-refractivity contribution in [2.45, 2.75) is 142 Å². The first-order chi connectivity index (χ1) is 28.7. The standard InChI is InChI=1S/2C22H34O7S.Ca/c2*1-2-3-4-5-6-7-8-9-10-13-16-28-21(23)19-14-11-12-15-20(19)22(24)29-17-18-30(25,26)27;/h2*11-12,14-15H,2-10,13,16-18H2,1H3,(H,25,26,27);/q;;+2/p-2. The van der Waals surface area contributed by atoms with Gasteiger partial charge in [0, 0.05) is 0 Å². The van der Waals surface area contributed by atoms with Crippen LogP contribution in [0.2, 0.25) is 0 Å². The number of carbonyl (C=O) groups excluding carboxylic acids is 4. The Morgan fingerprint density at radius 2 is 0.607 bits per heavy atom. The molecule has 340 valence electrons. The molecule has 0 aromatic heterocycles. The Labute approximate surface area is 394 Å². The minimum absolute atomic E-state index is 0. The molecule has 0 amide bonds. The zero-order chi connectivity index (χ0) is 44.5. The Morgan fingerprint density at radius 3 is 0.836 bits per heavy atom. The number of rotatable bonds is 32. The predicted octanol–water partition coefficient (Wildman–Crippen LogP) is 8.55. The van der Waals surface area contributed by atoms with Gasteiger partial charge in [-0.05, 0) is 37.1 Å². The maximum Gasteiger partial charge on any atom is 2.00 e. The molecular weight excluding hydrogens is 857 g/mol. The van der Waals surface area contributed by atoms with Gasteiger partial charge in [0.25, 0.3) is 0 Å². The van der Waals surface area contributed by atoms with Crippen LogP contribution in [0.25, 0.3) is 0 Å². The third-order valence-corrected chi connectivity index (χ3v) is 10.7. The summed E-state index contributed by atoms with van der Waals surface area (Å²) < 4.78 is 83.6. The van der Waals surface area contributed by atoms with Crippen molar-refractivity contribution in [1.82, 2.24) is 0 Å². The van der Waals surface area contributed by atoms with E-state index in [9.17, 15) is 45.1 Å². The second-order valence-corrected chi connectivity index (χ2v) is 17.6. The maximum atomic E-state index is 12.3. The number of esters is 4. The molecule has 0 unspecified atom stereocenters. The Hall–Kier alpha value is -2.60. The molecule has 2 rings (SSSR count). The number of ether oxygens (including phenoxy) is 4. The van der Waals surface area contributed by atoms with Crippen LogP contribution in [0.5, 0.6) is 0 Å². The van der Waals surface area contributed by atoms with E-state index < -0.39 is 68.8 Å². The summed E-state index contributed by atoms with van der Waals surface area (Å²) >= 11 is 0. The fourth-order valence-electron chi connectivity index (χ4n) is 5.97. The largest absolute Gasteiger partial charge is 2.00 e. The molecule has 0 aliphatic rings.